The molecule has 66 valence electrons. The Balaban J connectivity index is 2.84. The van der Waals surface area contributed by atoms with E-state index in [1.807, 2.05) is 0 Å². The van der Waals surface area contributed by atoms with Crippen molar-refractivity contribution in [3.05, 3.63) is 28.7 Å². The summed E-state index contributed by atoms with van der Waals surface area (Å²) in [6.07, 6.45) is 0.706. The molecule has 2 aromatic heterocycles. The van der Waals surface area contributed by atoms with Crippen molar-refractivity contribution < 1.29 is 4.79 Å². The largest absolute Gasteiger partial charge is 0.296 e. The highest BCUT2D eigenvalue weighted by molar-refractivity contribution is 6.29. The topological polar surface area (TPSA) is 47.3 Å². The number of hydrogen-bond acceptors (Lipinski definition) is 3. The summed E-state index contributed by atoms with van der Waals surface area (Å²) in [5.74, 6) is 0. The van der Waals surface area contributed by atoms with E-state index in [1.54, 1.807) is 23.6 Å². The van der Waals surface area contributed by atoms with Gasteiger partial charge in [-0.05, 0) is 19.1 Å². The Bertz CT molecular complexity index is 477. The molecule has 0 aliphatic carbocycles. The van der Waals surface area contributed by atoms with E-state index in [1.165, 1.54) is 0 Å². The van der Waals surface area contributed by atoms with Crippen LogP contribution in [0.2, 0.25) is 5.15 Å². The van der Waals surface area contributed by atoms with Gasteiger partial charge in [0.1, 0.15) is 10.8 Å². The first-order valence-electron chi connectivity index (χ1n) is 3.69. The summed E-state index contributed by atoms with van der Waals surface area (Å²) in [5, 5.41) is 4.38. The summed E-state index contributed by atoms with van der Waals surface area (Å²) in [4.78, 5) is 14.6. The van der Waals surface area contributed by atoms with Gasteiger partial charge in [0.05, 0.1) is 5.69 Å². The molecule has 0 amide bonds. The Morgan fingerprint density at radius 1 is 1.54 bits per heavy atom. The lowest BCUT2D eigenvalue weighted by molar-refractivity contribution is 0.111. The Hall–Kier alpha value is -1.42. The number of hydrogen-bond donors (Lipinski definition) is 0. The molecule has 0 saturated carbocycles. The Morgan fingerprint density at radius 2 is 2.31 bits per heavy atom. The Labute approximate surface area is 79.2 Å². The van der Waals surface area contributed by atoms with Gasteiger partial charge in [-0.15, -0.1) is 0 Å². The molecule has 0 saturated heterocycles. The van der Waals surface area contributed by atoms with Crippen LogP contribution in [0.3, 0.4) is 0 Å². The van der Waals surface area contributed by atoms with E-state index >= 15 is 0 Å². The van der Waals surface area contributed by atoms with Gasteiger partial charge in [0.15, 0.2) is 11.9 Å². The number of aromatic nitrogens is 3. The number of nitrogens with zero attached hydrogens (tertiary/aromatic N) is 3. The van der Waals surface area contributed by atoms with Gasteiger partial charge in [-0.2, -0.15) is 5.10 Å². The number of aryl methyl sites for hydroxylation is 1. The third-order valence-electron chi connectivity index (χ3n) is 1.82. The summed E-state index contributed by atoms with van der Waals surface area (Å²) >= 11 is 5.70. The smallest absolute Gasteiger partial charge is 0.170 e. The monoisotopic (exact) mass is 195 g/mol. The third-order valence-corrected chi connectivity index (χ3v) is 2.02. The van der Waals surface area contributed by atoms with Gasteiger partial charge < -0.3 is 0 Å². The lowest BCUT2D eigenvalue weighted by Crippen LogP contribution is -1.94. The highest BCUT2D eigenvalue weighted by Gasteiger charge is 2.07. The molecule has 0 unspecified atom stereocenters. The normalized spacial score (nSPS) is 10.6. The number of fused-ring (bicyclic) bond motifs is 1. The Kier molecular flexibility index (Phi) is 1.77. The third kappa shape index (κ3) is 1.19. The number of aldehydes is 1. The molecule has 0 aliphatic rings. The van der Waals surface area contributed by atoms with Crippen LogP contribution in [0.15, 0.2) is 12.1 Å². The van der Waals surface area contributed by atoms with Crippen molar-refractivity contribution in [3.8, 4) is 0 Å². The van der Waals surface area contributed by atoms with Crippen LogP contribution in [0, 0.1) is 6.92 Å². The minimum Gasteiger partial charge on any atom is -0.296 e. The van der Waals surface area contributed by atoms with Crippen molar-refractivity contribution in [3.63, 3.8) is 0 Å². The van der Waals surface area contributed by atoms with Gasteiger partial charge in [0, 0.05) is 0 Å². The van der Waals surface area contributed by atoms with Crippen molar-refractivity contribution in [2.45, 2.75) is 6.92 Å². The standard InChI is InChI=1S/C8H6ClN3O/c1-5-6(4-13)10-8-3-2-7(9)11-12(5)8/h2-4H,1H3. The van der Waals surface area contributed by atoms with Crippen molar-refractivity contribution in [1.29, 1.82) is 0 Å². The molecule has 0 aromatic carbocycles. The summed E-state index contributed by atoms with van der Waals surface area (Å²) in [6.45, 7) is 1.77. The predicted octanol–water partition coefficient (Wildman–Crippen LogP) is 1.50. The number of carbonyl (C=O) groups is 1. The number of imidazole rings is 1. The van der Waals surface area contributed by atoms with Gasteiger partial charge in [-0.25, -0.2) is 9.50 Å². The molecular formula is C8H6ClN3O. The lowest BCUT2D eigenvalue weighted by Gasteiger charge is -1.94. The van der Waals surface area contributed by atoms with Crippen LogP contribution in [0.5, 0.6) is 0 Å². The van der Waals surface area contributed by atoms with Crippen LogP contribution >= 0.6 is 11.6 Å². The zero-order valence-corrected chi connectivity index (χ0v) is 7.62. The number of carbonyl (C=O) groups excluding carboxylic acids is 1. The van der Waals surface area contributed by atoms with Crippen molar-refractivity contribution in [2.75, 3.05) is 0 Å². The number of rotatable bonds is 1. The van der Waals surface area contributed by atoms with E-state index in [4.69, 9.17) is 11.6 Å². The first kappa shape index (κ1) is 8.19. The van der Waals surface area contributed by atoms with Crippen molar-refractivity contribution in [2.24, 2.45) is 0 Å². The maximum Gasteiger partial charge on any atom is 0.170 e. The van der Waals surface area contributed by atoms with E-state index in [0.29, 0.717) is 28.5 Å². The zero-order chi connectivity index (χ0) is 9.42. The molecule has 0 fully saturated rings. The predicted molar refractivity (Wildman–Crippen MR) is 48.1 cm³/mol. The van der Waals surface area contributed by atoms with E-state index in [9.17, 15) is 4.79 Å². The molecule has 2 heterocycles. The van der Waals surface area contributed by atoms with Crippen LogP contribution in [0.1, 0.15) is 16.2 Å². The van der Waals surface area contributed by atoms with Gasteiger partial charge in [0.25, 0.3) is 0 Å². The van der Waals surface area contributed by atoms with Gasteiger partial charge in [0.2, 0.25) is 0 Å². The highest BCUT2D eigenvalue weighted by atomic mass is 35.5. The summed E-state index contributed by atoms with van der Waals surface area (Å²) in [5.41, 5.74) is 1.73. The molecule has 0 aliphatic heterocycles. The molecule has 2 rings (SSSR count). The fourth-order valence-corrected chi connectivity index (χ4v) is 1.29. The second kappa shape index (κ2) is 2.81. The SMILES string of the molecule is Cc1c(C=O)nc2ccc(Cl)nn12. The highest BCUT2D eigenvalue weighted by Crippen LogP contribution is 2.11. The van der Waals surface area contributed by atoms with E-state index in [0.717, 1.165) is 0 Å². The fourth-order valence-electron chi connectivity index (χ4n) is 1.15. The molecule has 5 heteroatoms. The first-order valence-corrected chi connectivity index (χ1v) is 4.07. The van der Waals surface area contributed by atoms with Crippen LogP contribution in [0.4, 0.5) is 0 Å². The average molecular weight is 196 g/mol. The maximum atomic E-state index is 10.5. The second-order valence-corrected chi connectivity index (χ2v) is 3.01. The van der Waals surface area contributed by atoms with Crippen LogP contribution in [-0.2, 0) is 0 Å². The lowest BCUT2D eigenvalue weighted by atomic mass is 10.4. The van der Waals surface area contributed by atoms with Crippen LogP contribution in [-0.4, -0.2) is 20.9 Å². The van der Waals surface area contributed by atoms with Crippen LogP contribution < -0.4 is 0 Å². The van der Waals surface area contributed by atoms with E-state index in [-0.39, 0.29) is 0 Å². The van der Waals surface area contributed by atoms with Gasteiger partial charge in [-0.1, -0.05) is 11.6 Å². The summed E-state index contributed by atoms with van der Waals surface area (Å²) < 4.78 is 1.55. The molecule has 0 atom stereocenters. The molecule has 0 bridgehead atoms. The maximum absolute atomic E-state index is 10.5. The number of halogens is 1. The second-order valence-electron chi connectivity index (χ2n) is 2.63. The summed E-state index contributed by atoms with van der Waals surface area (Å²) in [7, 11) is 0. The molecular weight excluding hydrogens is 190 g/mol. The van der Waals surface area contributed by atoms with E-state index < -0.39 is 0 Å². The quantitative estimate of drug-likeness (QED) is 0.648. The van der Waals surface area contributed by atoms with Crippen molar-refractivity contribution in [1.82, 2.24) is 14.6 Å². The average Bonchev–Trinajstić information content (AvgIpc) is 2.44. The van der Waals surface area contributed by atoms with Gasteiger partial charge >= 0.3 is 0 Å². The molecule has 0 N–H and O–H groups in total. The molecule has 2 aromatic rings. The summed E-state index contributed by atoms with van der Waals surface area (Å²) in [6, 6.07) is 3.35. The van der Waals surface area contributed by atoms with E-state index in [2.05, 4.69) is 10.1 Å². The molecule has 13 heavy (non-hydrogen) atoms. The van der Waals surface area contributed by atoms with Gasteiger partial charge in [-0.3, -0.25) is 4.79 Å². The minimum atomic E-state index is 0.380. The van der Waals surface area contributed by atoms with Crippen molar-refractivity contribution >= 4 is 23.5 Å². The first-order chi connectivity index (χ1) is 6.22. The molecule has 4 nitrogen and oxygen atoms in total. The van der Waals surface area contributed by atoms with Crippen LogP contribution in [0.25, 0.3) is 5.65 Å². The molecule has 0 spiro atoms. The minimum absolute atomic E-state index is 0.380. The Morgan fingerprint density at radius 3 is 3.00 bits per heavy atom. The zero-order valence-electron chi connectivity index (χ0n) is 6.86. The fraction of sp³-hybridized carbons (Fsp3) is 0.125. The molecule has 0 radical (unpaired) electrons.